The molecular formula is C18H20F2N2O3S. The van der Waals surface area contributed by atoms with Crippen molar-refractivity contribution in [3.63, 3.8) is 0 Å². The van der Waals surface area contributed by atoms with Crippen LogP contribution in [0.3, 0.4) is 0 Å². The zero-order valence-electron chi connectivity index (χ0n) is 14.4. The largest absolute Gasteiger partial charge is 0.352 e. The fraction of sp³-hybridized carbons (Fsp3) is 0.278. The number of anilines is 1. The SMILES string of the molecule is CC(C)CCNC(=O)c1cccc(S(=O)(=O)Nc2ccc(F)c(F)c2)c1. The van der Waals surface area contributed by atoms with E-state index in [2.05, 4.69) is 10.0 Å². The van der Waals surface area contributed by atoms with Gasteiger partial charge in [-0.3, -0.25) is 9.52 Å². The van der Waals surface area contributed by atoms with Gasteiger partial charge in [-0.15, -0.1) is 0 Å². The van der Waals surface area contributed by atoms with Crippen LogP contribution in [0.1, 0.15) is 30.6 Å². The number of amides is 1. The summed E-state index contributed by atoms with van der Waals surface area (Å²) in [6, 6.07) is 8.16. The summed E-state index contributed by atoms with van der Waals surface area (Å²) < 4.78 is 53.2. The fourth-order valence-corrected chi connectivity index (χ4v) is 3.25. The lowest BCUT2D eigenvalue weighted by molar-refractivity contribution is 0.0952. The normalized spacial score (nSPS) is 11.4. The molecule has 1 amide bonds. The molecule has 0 fully saturated rings. The van der Waals surface area contributed by atoms with E-state index < -0.39 is 21.7 Å². The zero-order valence-corrected chi connectivity index (χ0v) is 15.2. The van der Waals surface area contributed by atoms with Crippen molar-refractivity contribution >= 4 is 21.6 Å². The van der Waals surface area contributed by atoms with E-state index in [4.69, 9.17) is 0 Å². The van der Waals surface area contributed by atoms with Gasteiger partial charge in [-0.05, 0) is 42.7 Å². The van der Waals surface area contributed by atoms with Crippen LogP contribution in [-0.4, -0.2) is 20.9 Å². The maximum atomic E-state index is 13.2. The first-order valence-electron chi connectivity index (χ1n) is 8.05. The first-order chi connectivity index (χ1) is 12.2. The highest BCUT2D eigenvalue weighted by Gasteiger charge is 2.17. The third-order valence-corrected chi connectivity index (χ3v) is 4.96. The second kappa shape index (κ2) is 8.27. The second-order valence-corrected chi connectivity index (χ2v) is 7.88. The van der Waals surface area contributed by atoms with E-state index in [0.717, 1.165) is 24.6 Å². The van der Waals surface area contributed by atoms with Gasteiger partial charge >= 0.3 is 0 Å². The lowest BCUT2D eigenvalue weighted by atomic mass is 10.1. The Hall–Kier alpha value is -2.48. The summed E-state index contributed by atoms with van der Waals surface area (Å²) in [7, 11) is -4.05. The highest BCUT2D eigenvalue weighted by molar-refractivity contribution is 7.92. The molecule has 0 heterocycles. The zero-order chi connectivity index (χ0) is 19.3. The van der Waals surface area contributed by atoms with Crippen LogP contribution < -0.4 is 10.0 Å². The van der Waals surface area contributed by atoms with Gasteiger partial charge in [0.15, 0.2) is 11.6 Å². The maximum absolute atomic E-state index is 13.2. The Bertz CT molecular complexity index is 899. The highest BCUT2D eigenvalue weighted by atomic mass is 32.2. The number of benzene rings is 2. The van der Waals surface area contributed by atoms with Crippen molar-refractivity contribution in [2.24, 2.45) is 5.92 Å². The van der Waals surface area contributed by atoms with Gasteiger partial charge in [-0.25, -0.2) is 17.2 Å². The molecule has 140 valence electrons. The molecule has 8 heteroatoms. The Kier molecular flexibility index (Phi) is 6.31. The standard InChI is InChI=1S/C18H20F2N2O3S/c1-12(2)8-9-21-18(23)13-4-3-5-15(10-13)26(24,25)22-14-6-7-16(19)17(20)11-14/h3-7,10-12,22H,8-9H2,1-2H3,(H,21,23). The van der Waals surface area contributed by atoms with Gasteiger partial charge in [0, 0.05) is 18.2 Å². The monoisotopic (exact) mass is 382 g/mol. The lowest BCUT2D eigenvalue weighted by Crippen LogP contribution is -2.25. The van der Waals surface area contributed by atoms with Crippen LogP contribution in [0, 0.1) is 17.6 Å². The molecule has 0 bridgehead atoms. The predicted molar refractivity (Wildman–Crippen MR) is 95.4 cm³/mol. The molecule has 0 aliphatic carbocycles. The third-order valence-electron chi connectivity index (χ3n) is 3.59. The number of hydrogen-bond donors (Lipinski definition) is 2. The van der Waals surface area contributed by atoms with Gasteiger partial charge in [0.25, 0.3) is 15.9 Å². The molecule has 2 N–H and O–H groups in total. The lowest BCUT2D eigenvalue weighted by Gasteiger charge is -2.10. The molecule has 0 unspecified atom stereocenters. The molecule has 0 aliphatic rings. The minimum atomic E-state index is -4.05. The van der Waals surface area contributed by atoms with E-state index in [1.165, 1.54) is 24.3 Å². The molecule has 2 aromatic rings. The van der Waals surface area contributed by atoms with Crippen LogP contribution in [0.5, 0.6) is 0 Å². The minimum absolute atomic E-state index is 0.115. The summed E-state index contributed by atoms with van der Waals surface area (Å²) in [5.41, 5.74) is 0.0811. The number of hydrogen-bond acceptors (Lipinski definition) is 3. The van der Waals surface area contributed by atoms with Gasteiger partial charge in [-0.2, -0.15) is 0 Å². The van der Waals surface area contributed by atoms with Gasteiger partial charge in [-0.1, -0.05) is 19.9 Å². The van der Waals surface area contributed by atoms with E-state index in [0.29, 0.717) is 12.5 Å². The molecule has 0 spiro atoms. The van der Waals surface area contributed by atoms with E-state index in [9.17, 15) is 22.0 Å². The molecule has 0 saturated carbocycles. The predicted octanol–water partition coefficient (Wildman–Crippen LogP) is 3.54. The Morgan fingerprint density at radius 2 is 1.81 bits per heavy atom. The van der Waals surface area contributed by atoms with Crippen molar-refractivity contribution < 1.29 is 22.0 Å². The number of sulfonamides is 1. The number of rotatable bonds is 7. The number of halogens is 2. The molecule has 0 atom stereocenters. The first-order valence-corrected chi connectivity index (χ1v) is 9.53. The van der Waals surface area contributed by atoms with Crippen molar-refractivity contribution in [1.82, 2.24) is 5.32 Å². The van der Waals surface area contributed by atoms with Crippen LogP contribution in [-0.2, 0) is 10.0 Å². The average Bonchev–Trinajstić information content (AvgIpc) is 2.57. The van der Waals surface area contributed by atoms with Crippen LogP contribution in [0.2, 0.25) is 0 Å². The molecule has 26 heavy (non-hydrogen) atoms. The van der Waals surface area contributed by atoms with Crippen molar-refractivity contribution in [3.05, 3.63) is 59.7 Å². The summed E-state index contributed by atoms with van der Waals surface area (Å²) in [6.45, 7) is 4.55. The van der Waals surface area contributed by atoms with Crippen molar-refractivity contribution in [1.29, 1.82) is 0 Å². The Labute approximate surface area is 151 Å². The van der Waals surface area contributed by atoms with Crippen LogP contribution in [0.15, 0.2) is 47.4 Å². The molecular weight excluding hydrogens is 362 g/mol. The van der Waals surface area contributed by atoms with Crippen LogP contribution in [0.25, 0.3) is 0 Å². The second-order valence-electron chi connectivity index (χ2n) is 6.20. The number of carbonyl (C=O) groups excluding carboxylic acids is 1. The van der Waals surface area contributed by atoms with Crippen molar-refractivity contribution in [3.8, 4) is 0 Å². The molecule has 5 nitrogen and oxygen atoms in total. The van der Waals surface area contributed by atoms with Crippen LogP contribution >= 0.6 is 0 Å². The average molecular weight is 382 g/mol. The van der Waals surface area contributed by atoms with E-state index in [1.54, 1.807) is 0 Å². The van der Waals surface area contributed by atoms with Gasteiger partial charge in [0.05, 0.1) is 10.6 Å². The van der Waals surface area contributed by atoms with Crippen LogP contribution in [0.4, 0.5) is 14.5 Å². The Morgan fingerprint density at radius 1 is 1.08 bits per heavy atom. The third kappa shape index (κ3) is 5.26. The summed E-state index contributed by atoms with van der Waals surface area (Å²) in [5.74, 6) is -2.19. The topological polar surface area (TPSA) is 75.3 Å². The summed E-state index contributed by atoms with van der Waals surface area (Å²) in [4.78, 5) is 12.0. The highest BCUT2D eigenvalue weighted by Crippen LogP contribution is 2.19. The summed E-state index contributed by atoms with van der Waals surface area (Å²) in [6.07, 6.45) is 0.807. The quantitative estimate of drug-likeness (QED) is 0.769. The molecule has 0 aliphatic heterocycles. The van der Waals surface area contributed by atoms with Crippen molar-refractivity contribution in [2.75, 3.05) is 11.3 Å². The van der Waals surface area contributed by atoms with Crippen molar-refractivity contribution in [2.45, 2.75) is 25.2 Å². The van der Waals surface area contributed by atoms with E-state index >= 15 is 0 Å². The number of carbonyl (C=O) groups is 1. The summed E-state index contributed by atoms with van der Waals surface area (Å²) >= 11 is 0. The smallest absolute Gasteiger partial charge is 0.261 e. The minimum Gasteiger partial charge on any atom is -0.352 e. The Balaban J connectivity index is 2.16. The maximum Gasteiger partial charge on any atom is 0.261 e. The summed E-state index contributed by atoms with van der Waals surface area (Å²) in [5, 5.41) is 2.73. The fourth-order valence-electron chi connectivity index (χ4n) is 2.15. The first kappa shape index (κ1) is 19.8. The van der Waals surface area contributed by atoms with Gasteiger partial charge < -0.3 is 5.32 Å². The van der Waals surface area contributed by atoms with Gasteiger partial charge in [0.1, 0.15) is 0 Å². The molecule has 2 aromatic carbocycles. The molecule has 2 rings (SSSR count). The van der Waals surface area contributed by atoms with E-state index in [1.807, 2.05) is 13.8 Å². The molecule has 0 aromatic heterocycles. The molecule has 0 radical (unpaired) electrons. The Morgan fingerprint density at radius 3 is 2.46 bits per heavy atom. The molecule has 0 saturated heterocycles. The number of nitrogens with one attached hydrogen (secondary N) is 2. The van der Waals surface area contributed by atoms with E-state index in [-0.39, 0.29) is 22.1 Å². The van der Waals surface area contributed by atoms with Gasteiger partial charge in [0.2, 0.25) is 0 Å².